The van der Waals surface area contributed by atoms with Crippen molar-refractivity contribution in [1.29, 1.82) is 0 Å². The molecule has 0 unspecified atom stereocenters. The van der Waals surface area contributed by atoms with E-state index in [0.29, 0.717) is 27.3 Å². The minimum atomic E-state index is -3.59. The lowest BCUT2D eigenvalue weighted by Crippen LogP contribution is -2.48. The van der Waals surface area contributed by atoms with Gasteiger partial charge in [0.2, 0.25) is 21.8 Å². The van der Waals surface area contributed by atoms with Crippen molar-refractivity contribution < 1.29 is 18.0 Å². The number of sulfonamides is 1. The summed E-state index contributed by atoms with van der Waals surface area (Å²) in [5.41, 5.74) is 1.15. The highest BCUT2D eigenvalue weighted by atomic mass is 35.5. The van der Waals surface area contributed by atoms with Crippen LogP contribution >= 0.6 is 34.8 Å². The molecule has 198 valence electrons. The highest BCUT2D eigenvalue weighted by molar-refractivity contribution is 7.92. The molecule has 36 heavy (non-hydrogen) atoms. The van der Waals surface area contributed by atoms with Crippen LogP contribution in [0.25, 0.3) is 0 Å². The van der Waals surface area contributed by atoms with E-state index in [1.54, 1.807) is 49.4 Å². The monoisotopic (exact) mass is 575 g/mol. The van der Waals surface area contributed by atoms with E-state index in [2.05, 4.69) is 5.32 Å². The number of unbranched alkanes of at least 4 members (excludes halogenated alkanes) is 1. The maximum Gasteiger partial charge on any atom is 0.242 e. The van der Waals surface area contributed by atoms with E-state index in [1.165, 1.54) is 9.21 Å². The smallest absolute Gasteiger partial charge is 0.242 e. The summed E-state index contributed by atoms with van der Waals surface area (Å²) < 4.78 is 26.0. The van der Waals surface area contributed by atoms with Gasteiger partial charge in [0.15, 0.2) is 0 Å². The average Bonchev–Trinajstić information content (AvgIpc) is 2.81. The second kappa shape index (κ2) is 14.1. The van der Waals surface area contributed by atoms with Gasteiger partial charge in [0.25, 0.3) is 0 Å². The molecule has 0 fully saturated rings. The van der Waals surface area contributed by atoms with E-state index >= 15 is 0 Å². The minimum absolute atomic E-state index is 0.0422. The Bertz CT molecular complexity index is 1160. The first-order chi connectivity index (χ1) is 16.9. The molecule has 0 saturated carbocycles. The summed E-state index contributed by atoms with van der Waals surface area (Å²) in [6.45, 7) is 4.46. The molecule has 2 rings (SSSR count). The Kier molecular flexibility index (Phi) is 11.8. The van der Waals surface area contributed by atoms with Crippen molar-refractivity contribution in [2.45, 2.75) is 52.1 Å². The van der Waals surface area contributed by atoms with Crippen LogP contribution in [-0.4, -0.2) is 50.5 Å². The fourth-order valence-electron chi connectivity index (χ4n) is 3.59. The quantitative estimate of drug-likeness (QED) is 0.318. The minimum Gasteiger partial charge on any atom is -0.354 e. The normalized spacial score (nSPS) is 12.2. The fourth-order valence-corrected chi connectivity index (χ4v) is 5.05. The van der Waals surface area contributed by atoms with Gasteiger partial charge in [-0.05, 0) is 55.7 Å². The summed E-state index contributed by atoms with van der Waals surface area (Å²) in [5.74, 6) is -0.535. The summed E-state index contributed by atoms with van der Waals surface area (Å²) in [7, 11) is -3.59. The summed E-state index contributed by atoms with van der Waals surface area (Å²) >= 11 is 18.2. The molecule has 0 aromatic heterocycles. The highest BCUT2D eigenvalue weighted by Gasteiger charge is 2.26. The van der Waals surface area contributed by atoms with Gasteiger partial charge < -0.3 is 10.2 Å². The number of nitrogens with one attached hydrogen (secondary N) is 1. The number of benzene rings is 2. The molecule has 2 amide bonds. The Morgan fingerprint density at radius 2 is 1.75 bits per heavy atom. The summed E-state index contributed by atoms with van der Waals surface area (Å²) in [6.07, 6.45) is 3.17. The first-order valence-electron chi connectivity index (χ1n) is 11.7. The van der Waals surface area contributed by atoms with Crippen LogP contribution in [0.3, 0.4) is 0 Å². The Morgan fingerprint density at radius 1 is 1.03 bits per heavy atom. The predicted octanol–water partition coefficient (Wildman–Crippen LogP) is 5.53. The van der Waals surface area contributed by atoms with Crippen molar-refractivity contribution in [2.75, 3.05) is 23.7 Å². The van der Waals surface area contributed by atoms with E-state index in [9.17, 15) is 18.0 Å². The number of nitrogens with zero attached hydrogens (tertiary/aromatic N) is 2. The van der Waals surface area contributed by atoms with Gasteiger partial charge in [-0.3, -0.25) is 13.9 Å². The van der Waals surface area contributed by atoms with E-state index in [4.69, 9.17) is 34.8 Å². The van der Waals surface area contributed by atoms with Crippen LogP contribution in [0.2, 0.25) is 15.1 Å². The molecule has 0 bridgehead atoms. The van der Waals surface area contributed by atoms with E-state index in [0.717, 1.165) is 24.7 Å². The number of carbonyl (C=O) groups is 2. The molecule has 7 nitrogen and oxygen atoms in total. The fraction of sp³-hybridized carbons (Fsp3) is 0.440. The summed E-state index contributed by atoms with van der Waals surface area (Å²) in [4.78, 5) is 27.5. The standard InChI is InChI=1S/C25H32Cl3N3O4S/c1-4-5-13-29-25(33)18(2)30(17-19-11-12-22(27)23(28)15-19)24(32)10-7-14-31(36(3,34)35)21-9-6-8-20(26)16-21/h6,8-9,11-12,15-16,18H,4-5,7,10,13-14,17H2,1-3H3,(H,29,33)/t18-/m1/s1. The van der Waals surface area contributed by atoms with E-state index < -0.39 is 16.1 Å². The first kappa shape index (κ1) is 30.2. The maximum atomic E-state index is 13.3. The van der Waals surface area contributed by atoms with Crippen molar-refractivity contribution in [3.05, 3.63) is 63.1 Å². The molecule has 2 aromatic rings. The largest absolute Gasteiger partial charge is 0.354 e. The molecule has 1 N–H and O–H groups in total. The SMILES string of the molecule is CCCCNC(=O)[C@@H](C)N(Cc1ccc(Cl)c(Cl)c1)C(=O)CCCN(c1cccc(Cl)c1)S(C)(=O)=O. The van der Waals surface area contributed by atoms with Gasteiger partial charge in [0.1, 0.15) is 6.04 Å². The van der Waals surface area contributed by atoms with E-state index in [1.807, 2.05) is 6.92 Å². The molecule has 0 aliphatic carbocycles. The third-order valence-corrected chi connectivity index (χ3v) is 7.75. The van der Waals surface area contributed by atoms with Crippen molar-refractivity contribution in [3.8, 4) is 0 Å². The third kappa shape index (κ3) is 9.14. The first-order valence-corrected chi connectivity index (χ1v) is 14.7. The second-order valence-electron chi connectivity index (χ2n) is 8.51. The predicted molar refractivity (Wildman–Crippen MR) is 147 cm³/mol. The van der Waals surface area contributed by atoms with Crippen LogP contribution in [0, 0.1) is 0 Å². The van der Waals surface area contributed by atoms with Gasteiger partial charge in [-0.25, -0.2) is 8.42 Å². The van der Waals surface area contributed by atoms with E-state index in [-0.39, 0.29) is 37.7 Å². The molecule has 0 aliphatic heterocycles. The molecule has 0 saturated heterocycles. The summed E-state index contributed by atoms with van der Waals surface area (Å²) in [6, 6.07) is 10.8. The maximum absolute atomic E-state index is 13.3. The van der Waals surface area contributed by atoms with Crippen LogP contribution in [0.15, 0.2) is 42.5 Å². The topological polar surface area (TPSA) is 86.8 Å². The average molecular weight is 577 g/mol. The molecule has 2 aromatic carbocycles. The molecular weight excluding hydrogens is 545 g/mol. The van der Waals surface area contributed by atoms with Gasteiger partial charge in [-0.2, -0.15) is 0 Å². The zero-order valence-electron chi connectivity index (χ0n) is 20.6. The Morgan fingerprint density at radius 3 is 2.36 bits per heavy atom. The number of hydrogen-bond donors (Lipinski definition) is 1. The number of anilines is 1. The van der Waals surface area contributed by atoms with Gasteiger partial charge in [0.05, 0.1) is 22.0 Å². The van der Waals surface area contributed by atoms with Crippen LogP contribution < -0.4 is 9.62 Å². The van der Waals surface area contributed by atoms with Crippen LogP contribution in [-0.2, 0) is 26.2 Å². The Labute approximate surface area is 228 Å². The number of hydrogen-bond acceptors (Lipinski definition) is 4. The molecule has 0 aliphatic rings. The molecule has 0 spiro atoms. The van der Waals surface area contributed by atoms with Gasteiger partial charge >= 0.3 is 0 Å². The van der Waals surface area contributed by atoms with Crippen LogP contribution in [0.1, 0.15) is 45.1 Å². The molecular formula is C25H32Cl3N3O4S. The zero-order chi connectivity index (χ0) is 26.9. The van der Waals surface area contributed by atoms with Gasteiger partial charge in [0, 0.05) is 31.1 Å². The molecule has 0 heterocycles. The lowest BCUT2D eigenvalue weighted by molar-refractivity contribution is -0.140. The van der Waals surface area contributed by atoms with Crippen molar-refractivity contribution in [1.82, 2.24) is 10.2 Å². The van der Waals surface area contributed by atoms with Crippen LogP contribution in [0.5, 0.6) is 0 Å². The highest BCUT2D eigenvalue weighted by Crippen LogP contribution is 2.25. The Hall–Kier alpha value is -2.00. The lowest BCUT2D eigenvalue weighted by Gasteiger charge is -2.29. The Balaban J connectivity index is 2.17. The van der Waals surface area contributed by atoms with Crippen molar-refractivity contribution >= 4 is 62.3 Å². The summed E-state index contributed by atoms with van der Waals surface area (Å²) in [5, 5.41) is 4.02. The number of halogens is 3. The number of carbonyl (C=O) groups excluding carboxylic acids is 2. The molecule has 1 atom stereocenters. The third-order valence-electron chi connectivity index (χ3n) is 5.58. The van der Waals surface area contributed by atoms with Crippen molar-refractivity contribution in [2.24, 2.45) is 0 Å². The van der Waals surface area contributed by atoms with Crippen LogP contribution in [0.4, 0.5) is 5.69 Å². The number of rotatable bonds is 13. The second-order valence-corrected chi connectivity index (χ2v) is 11.7. The van der Waals surface area contributed by atoms with Crippen molar-refractivity contribution in [3.63, 3.8) is 0 Å². The molecule has 0 radical (unpaired) electrons. The van der Waals surface area contributed by atoms with Gasteiger partial charge in [-0.1, -0.05) is 60.3 Å². The lowest BCUT2D eigenvalue weighted by atomic mass is 10.1. The van der Waals surface area contributed by atoms with Gasteiger partial charge in [-0.15, -0.1) is 0 Å². The number of amides is 2. The zero-order valence-corrected chi connectivity index (χ0v) is 23.7. The molecule has 11 heteroatoms.